The molecule has 1 aliphatic heterocycles. The number of likely N-dealkylation sites (tertiary alicyclic amines) is 1. The number of ether oxygens (including phenoxy) is 1. The zero-order valence-electron chi connectivity index (χ0n) is 17.0. The maximum Gasteiger partial charge on any atom is 0.193 e. The number of benzene rings is 1. The Balaban J connectivity index is 0.00000364. The quantitative estimate of drug-likeness (QED) is 0.189. The van der Waals surface area contributed by atoms with Gasteiger partial charge in [0, 0.05) is 27.2 Å². The van der Waals surface area contributed by atoms with Crippen molar-refractivity contribution in [1.29, 1.82) is 0 Å². The first-order valence-corrected chi connectivity index (χ1v) is 9.60. The number of hydrogen-bond donors (Lipinski definition) is 1. The minimum Gasteiger partial charge on any atom is -0.497 e. The number of hydrogen-bond acceptors (Lipinski definition) is 3. The van der Waals surface area contributed by atoms with Crippen LogP contribution < -0.4 is 10.1 Å². The Bertz CT molecular complexity index is 587. The van der Waals surface area contributed by atoms with Crippen LogP contribution in [0, 0.1) is 0 Å². The highest BCUT2D eigenvalue weighted by molar-refractivity contribution is 14.0. The number of guanidine groups is 1. The molecule has 0 aromatic heterocycles. The van der Waals surface area contributed by atoms with E-state index in [0.717, 1.165) is 50.7 Å². The third-order valence-electron chi connectivity index (χ3n) is 4.99. The molecule has 1 aromatic carbocycles. The SMILES string of the molecule is C=CCCCN(C)C(=NC)NCC(c1cccc(OC)c1)N1CCCC1.I. The molecule has 1 fully saturated rings. The lowest BCUT2D eigenvalue weighted by Crippen LogP contribution is -2.43. The zero-order chi connectivity index (χ0) is 18.8. The first-order valence-electron chi connectivity index (χ1n) is 9.60. The second-order valence-electron chi connectivity index (χ2n) is 6.82. The fraction of sp³-hybridized carbons (Fsp3) is 0.571. The van der Waals surface area contributed by atoms with E-state index in [-0.39, 0.29) is 24.0 Å². The van der Waals surface area contributed by atoms with Crippen LogP contribution in [-0.2, 0) is 0 Å². The highest BCUT2D eigenvalue weighted by Crippen LogP contribution is 2.27. The van der Waals surface area contributed by atoms with Gasteiger partial charge in [0.15, 0.2) is 5.96 Å². The van der Waals surface area contributed by atoms with Gasteiger partial charge in [-0.1, -0.05) is 18.2 Å². The first kappa shape index (κ1) is 23.8. The first-order chi connectivity index (χ1) is 12.7. The van der Waals surface area contributed by atoms with Crippen LogP contribution in [-0.4, -0.2) is 63.1 Å². The Morgan fingerprint density at radius 1 is 1.41 bits per heavy atom. The Morgan fingerprint density at radius 3 is 2.78 bits per heavy atom. The summed E-state index contributed by atoms with van der Waals surface area (Å²) in [4.78, 5) is 9.21. The minimum absolute atomic E-state index is 0. The highest BCUT2D eigenvalue weighted by Gasteiger charge is 2.24. The summed E-state index contributed by atoms with van der Waals surface area (Å²) >= 11 is 0. The van der Waals surface area contributed by atoms with Gasteiger partial charge in [-0.05, 0) is 56.5 Å². The number of aliphatic imine (C=N–C) groups is 1. The van der Waals surface area contributed by atoms with E-state index < -0.39 is 0 Å². The third kappa shape index (κ3) is 7.33. The van der Waals surface area contributed by atoms with E-state index >= 15 is 0 Å². The van der Waals surface area contributed by atoms with Crippen LogP contribution in [0.5, 0.6) is 5.75 Å². The highest BCUT2D eigenvalue weighted by atomic mass is 127. The number of methoxy groups -OCH3 is 1. The number of allylic oxidation sites excluding steroid dienone is 1. The summed E-state index contributed by atoms with van der Waals surface area (Å²) in [6, 6.07) is 8.76. The minimum atomic E-state index is 0. The van der Waals surface area contributed by atoms with Gasteiger partial charge in [-0.2, -0.15) is 0 Å². The molecule has 1 aromatic rings. The molecule has 6 heteroatoms. The van der Waals surface area contributed by atoms with Gasteiger partial charge >= 0.3 is 0 Å². The van der Waals surface area contributed by atoms with Crippen LogP contribution in [0.4, 0.5) is 0 Å². The summed E-state index contributed by atoms with van der Waals surface area (Å²) in [5, 5.41) is 3.58. The van der Waals surface area contributed by atoms with Crippen molar-refractivity contribution >= 4 is 29.9 Å². The standard InChI is InChI=1S/C21H34N4O.HI/c1-5-6-7-13-24(3)21(22-2)23-17-20(25-14-8-9-15-25)18-11-10-12-19(16-18)26-4;/h5,10-12,16,20H,1,6-9,13-15,17H2,2-4H3,(H,22,23);1H. The Morgan fingerprint density at radius 2 is 2.15 bits per heavy atom. The van der Waals surface area contributed by atoms with E-state index in [9.17, 15) is 0 Å². The molecule has 1 aliphatic rings. The Hall–Kier alpha value is -1.28. The van der Waals surface area contributed by atoms with E-state index in [2.05, 4.69) is 51.9 Å². The van der Waals surface area contributed by atoms with E-state index in [1.165, 1.54) is 18.4 Å². The van der Waals surface area contributed by atoms with E-state index in [0.29, 0.717) is 6.04 Å². The van der Waals surface area contributed by atoms with Gasteiger partial charge in [0.1, 0.15) is 5.75 Å². The van der Waals surface area contributed by atoms with Crippen molar-refractivity contribution in [2.45, 2.75) is 31.7 Å². The lowest BCUT2D eigenvalue weighted by atomic mass is 10.1. The van der Waals surface area contributed by atoms with E-state index in [4.69, 9.17) is 4.74 Å². The van der Waals surface area contributed by atoms with Crippen LogP contribution >= 0.6 is 24.0 Å². The van der Waals surface area contributed by atoms with Gasteiger partial charge in [-0.3, -0.25) is 9.89 Å². The molecule has 2 rings (SSSR count). The molecule has 0 aliphatic carbocycles. The molecular weight excluding hydrogens is 451 g/mol. The molecule has 152 valence electrons. The summed E-state index contributed by atoms with van der Waals surface area (Å²) in [6.07, 6.45) is 6.64. The number of rotatable bonds is 9. The van der Waals surface area contributed by atoms with Gasteiger partial charge < -0.3 is 15.0 Å². The maximum absolute atomic E-state index is 5.43. The molecule has 1 N–H and O–H groups in total. The summed E-state index contributed by atoms with van der Waals surface area (Å²) in [5.74, 6) is 1.86. The summed E-state index contributed by atoms with van der Waals surface area (Å²) < 4.78 is 5.43. The number of unbranched alkanes of at least 4 members (excludes halogenated alkanes) is 1. The van der Waals surface area contributed by atoms with Crippen molar-refractivity contribution in [2.24, 2.45) is 4.99 Å². The van der Waals surface area contributed by atoms with Gasteiger partial charge in [0.25, 0.3) is 0 Å². The van der Waals surface area contributed by atoms with Crippen molar-refractivity contribution in [3.63, 3.8) is 0 Å². The molecule has 0 saturated carbocycles. The molecule has 1 atom stereocenters. The normalized spacial score (nSPS) is 15.7. The van der Waals surface area contributed by atoms with Crippen LogP contribution in [0.3, 0.4) is 0 Å². The molecule has 0 radical (unpaired) electrons. The van der Waals surface area contributed by atoms with Crippen molar-refractivity contribution in [1.82, 2.24) is 15.1 Å². The molecule has 1 heterocycles. The Kier molecular flexibility index (Phi) is 11.4. The predicted molar refractivity (Wildman–Crippen MR) is 125 cm³/mol. The predicted octanol–water partition coefficient (Wildman–Crippen LogP) is 3.92. The number of nitrogens with one attached hydrogen (secondary N) is 1. The van der Waals surface area contributed by atoms with Crippen molar-refractivity contribution in [2.75, 3.05) is 47.4 Å². The summed E-state index contributed by atoms with van der Waals surface area (Å²) in [7, 11) is 5.67. The lowest BCUT2D eigenvalue weighted by molar-refractivity contribution is 0.243. The fourth-order valence-electron chi connectivity index (χ4n) is 3.51. The van der Waals surface area contributed by atoms with Crippen LogP contribution in [0.15, 0.2) is 41.9 Å². The van der Waals surface area contributed by atoms with E-state index in [1.54, 1.807) is 7.11 Å². The van der Waals surface area contributed by atoms with Crippen molar-refractivity contribution in [3.8, 4) is 5.75 Å². The van der Waals surface area contributed by atoms with Crippen LogP contribution in [0.2, 0.25) is 0 Å². The molecule has 1 saturated heterocycles. The molecule has 5 nitrogen and oxygen atoms in total. The summed E-state index contributed by atoms with van der Waals surface area (Å²) in [6.45, 7) is 7.90. The Labute approximate surface area is 181 Å². The largest absolute Gasteiger partial charge is 0.497 e. The van der Waals surface area contributed by atoms with Gasteiger partial charge in [-0.25, -0.2) is 0 Å². The smallest absolute Gasteiger partial charge is 0.193 e. The molecule has 0 spiro atoms. The fourth-order valence-corrected chi connectivity index (χ4v) is 3.51. The monoisotopic (exact) mass is 486 g/mol. The van der Waals surface area contributed by atoms with Gasteiger partial charge in [0.05, 0.1) is 13.2 Å². The zero-order valence-corrected chi connectivity index (χ0v) is 19.3. The molecular formula is C21H35IN4O. The third-order valence-corrected chi connectivity index (χ3v) is 4.99. The molecule has 0 bridgehead atoms. The van der Waals surface area contributed by atoms with Crippen LogP contribution in [0.1, 0.15) is 37.3 Å². The second-order valence-corrected chi connectivity index (χ2v) is 6.82. The maximum atomic E-state index is 5.43. The number of halogens is 1. The molecule has 27 heavy (non-hydrogen) atoms. The van der Waals surface area contributed by atoms with E-state index in [1.807, 2.05) is 19.2 Å². The number of nitrogens with zero attached hydrogens (tertiary/aromatic N) is 3. The average Bonchev–Trinajstić information content (AvgIpc) is 3.20. The average molecular weight is 486 g/mol. The molecule has 1 unspecified atom stereocenters. The van der Waals surface area contributed by atoms with Gasteiger partial charge in [0.2, 0.25) is 0 Å². The van der Waals surface area contributed by atoms with Gasteiger partial charge in [-0.15, -0.1) is 30.6 Å². The van der Waals surface area contributed by atoms with Crippen molar-refractivity contribution in [3.05, 3.63) is 42.5 Å². The van der Waals surface area contributed by atoms with Crippen LogP contribution in [0.25, 0.3) is 0 Å². The molecule has 0 amide bonds. The lowest BCUT2D eigenvalue weighted by Gasteiger charge is -2.30. The second kappa shape index (κ2) is 13.0. The van der Waals surface area contributed by atoms with Crippen molar-refractivity contribution < 1.29 is 4.74 Å². The summed E-state index contributed by atoms with van der Waals surface area (Å²) in [5.41, 5.74) is 1.29. The topological polar surface area (TPSA) is 40.1 Å².